The molecule has 0 unspecified atom stereocenters. The first-order valence-corrected chi connectivity index (χ1v) is 11.5. The summed E-state index contributed by atoms with van der Waals surface area (Å²) in [4.78, 5) is 26.6. The lowest BCUT2D eigenvalue weighted by atomic mass is 9.91. The van der Waals surface area contributed by atoms with E-state index in [9.17, 15) is 19.1 Å². The number of halogens is 1. The fourth-order valence-corrected chi connectivity index (χ4v) is 5.06. The van der Waals surface area contributed by atoms with Crippen LogP contribution < -0.4 is 5.32 Å². The van der Waals surface area contributed by atoms with Gasteiger partial charge in [0.25, 0.3) is 5.91 Å². The van der Waals surface area contributed by atoms with Gasteiger partial charge in [-0.3, -0.25) is 14.5 Å². The molecule has 0 spiro atoms. The van der Waals surface area contributed by atoms with E-state index in [-0.39, 0.29) is 19.3 Å². The number of likely N-dealkylation sites (tertiary alicyclic amines) is 1. The second-order valence-electron chi connectivity index (χ2n) is 9.61. The van der Waals surface area contributed by atoms with E-state index in [1.807, 2.05) is 49.1 Å². The standard InChI is InChI=1S/C27H27FN2O5.CH4/c1-27(2)20(12-23(35-27)24-19-10-17(28)8-9-21(19)29-25(24)32)16-6-4-15(5-7-16)13-30-14-18(31)11-22(30)26(33)34-3;/h4-10,12,18,22,31H,11,13-14H2,1-3H3,(H,29,32);1H4/b24-23+;/t18-,22+;/m1./s1. The predicted octanol–water partition coefficient (Wildman–Crippen LogP) is 4.13. The van der Waals surface area contributed by atoms with Crippen LogP contribution in [0.15, 0.2) is 54.3 Å². The van der Waals surface area contributed by atoms with Crippen molar-refractivity contribution in [2.75, 3.05) is 19.0 Å². The number of ether oxygens (including phenoxy) is 2. The lowest BCUT2D eigenvalue weighted by Crippen LogP contribution is -2.36. The number of fused-ring (bicyclic) bond motifs is 1. The van der Waals surface area contributed by atoms with Crippen LogP contribution in [0.3, 0.4) is 0 Å². The summed E-state index contributed by atoms with van der Waals surface area (Å²) < 4.78 is 24.9. The molecule has 5 rings (SSSR count). The number of nitrogens with zero attached hydrogens (tertiary/aromatic N) is 1. The van der Waals surface area contributed by atoms with Gasteiger partial charge in [0.05, 0.1) is 18.8 Å². The third kappa shape index (κ3) is 4.54. The Morgan fingerprint density at radius 1 is 1.25 bits per heavy atom. The lowest BCUT2D eigenvalue weighted by Gasteiger charge is -2.24. The van der Waals surface area contributed by atoms with Gasteiger partial charge in [-0.1, -0.05) is 31.7 Å². The topological polar surface area (TPSA) is 88.1 Å². The quantitative estimate of drug-likeness (QED) is 0.491. The molecule has 2 aromatic carbocycles. The molecule has 1 saturated heterocycles. The highest BCUT2D eigenvalue weighted by molar-refractivity contribution is 6.32. The summed E-state index contributed by atoms with van der Waals surface area (Å²) in [6.45, 7) is 4.76. The van der Waals surface area contributed by atoms with Gasteiger partial charge in [-0.25, -0.2) is 4.39 Å². The van der Waals surface area contributed by atoms with Crippen LogP contribution in [0.5, 0.6) is 0 Å². The van der Waals surface area contributed by atoms with Crippen molar-refractivity contribution in [2.45, 2.75) is 52.0 Å². The molecule has 2 N–H and O–H groups in total. The number of carbonyl (C=O) groups excluding carboxylic acids is 2. The molecule has 2 aromatic rings. The minimum Gasteiger partial charge on any atom is -0.482 e. The summed E-state index contributed by atoms with van der Waals surface area (Å²) in [6.07, 6.45) is 1.65. The molecule has 0 bridgehead atoms. The molecule has 0 aliphatic carbocycles. The molecule has 7 nitrogen and oxygen atoms in total. The van der Waals surface area contributed by atoms with Crippen LogP contribution in [0.4, 0.5) is 10.1 Å². The fourth-order valence-electron chi connectivity index (χ4n) is 5.06. The SMILES string of the molecule is C.COC(=O)[C@@H]1C[C@@H](O)CN1Cc1ccc(C2=C/C(=C3\C(=O)Nc4ccc(F)cc43)OC2(C)C)cc1. The van der Waals surface area contributed by atoms with Crippen molar-refractivity contribution in [2.24, 2.45) is 0 Å². The number of rotatable bonds is 4. The molecule has 2 atom stereocenters. The number of esters is 1. The molecule has 1 amide bonds. The van der Waals surface area contributed by atoms with Crippen LogP contribution in [0.25, 0.3) is 11.1 Å². The van der Waals surface area contributed by atoms with Crippen molar-refractivity contribution in [1.29, 1.82) is 0 Å². The largest absolute Gasteiger partial charge is 0.482 e. The normalized spacial score (nSPS) is 24.5. The first-order chi connectivity index (χ1) is 16.7. The van der Waals surface area contributed by atoms with E-state index in [2.05, 4.69) is 5.32 Å². The Labute approximate surface area is 210 Å². The Morgan fingerprint density at radius 2 is 1.97 bits per heavy atom. The third-order valence-corrected chi connectivity index (χ3v) is 6.77. The highest BCUT2D eigenvalue weighted by Crippen LogP contribution is 2.44. The summed E-state index contributed by atoms with van der Waals surface area (Å²) in [5.41, 5.74) is 3.49. The van der Waals surface area contributed by atoms with Crippen LogP contribution in [0.2, 0.25) is 0 Å². The Bertz CT molecular complexity index is 1270. The molecular formula is C28H31FN2O5. The van der Waals surface area contributed by atoms with Crippen LogP contribution in [0.1, 0.15) is 44.4 Å². The minimum absolute atomic E-state index is 0. The van der Waals surface area contributed by atoms with Crippen molar-refractivity contribution < 1.29 is 28.6 Å². The molecular weight excluding hydrogens is 463 g/mol. The van der Waals surface area contributed by atoms with E-state index in [0.29, 0.717) is 42.1 Å². The zero-order chi connectivity index (χ0) is 24.9. The Hall–Kier alpha value is -3.49. The number of anilines is 1. The number of hydrogen-bond acceptors (Lipinski definition) is 6. The van der Waals surface area contributed by atoms with Crippen LogP contribution in [-0.4, -0.2) is 53.3 Å². The van der Waals surface area contributed by atoms with E-state index >= 15 is 0 Å². The van der Waals surface area contributed by atoms with Crippen LogP contribution in [-0.2, 0) is 25.6 Å². The molecule has 0 radical (unpaired) electrons. The van der Waals surface area contributed by atoms with Gasteiger partial charge in [-0.05, 0) is 49.2 Å². The molecule has 3 heterocycles. The zero-order valence-electron chi connectivity index (χ0n) is 19.8. The molecule has 190 valence electrons. The Balaban J connectivity index is 0.00000304. The lowest BCUT2D eigenvalue weighted by molar-refractivity contribution is -0.146. The van der Waals surface area contributed by atoms with E-state index in [1.165, 1.54) is 19.2 Å². The molecule has 1 fully saturated rings. The number of allylic oxidation sites excluding steroid dienone is 1. The minimum atomic E-state index is -0.699. The van der Waals surface area contributed by atoms with Gasteiger partial charge >= 0.3 is 5.97 Å². The summed E-state index contributed by atoms with van der Waals surface area (Å²) in [7, 11) is 1.35. The number of aliphatic hydroxyl groups is 1. The van der Waals surface area contributed by atoms with Crippen molar-refractivity contribution in [3.05, 3.63) is 76.8 Å². The maximum Gasteiger partial charge on any atom is 0.323 e. The van der Waals surface area contributed by atoms with Crippen molar-refractivity contribution in [1.82, 2.24) is 4.90 Å². The highest BCUT2D eigenvalue weighted by Gasteiger charge is 2.39. The van der Waals surface area contributed by atoms with Crippen LogP contribution >= 0.6 is 0 Å². The third-order valence-electron chi connectivity index (χ3n) is 6.77. The van der Waals surface area contributed by atoms with Crippen molar-refractivity contribution in [3.8, 4) is 0 Å². The first-order valence-electron chi connectivity index (χ1n) is 11.5. The first kappa shape index (κ1) is 25.6. The number of carbonyl (C=O) groups is 2. The molecule has 3 aliphatic heterocycles. The van der Waals surface area contributed by atoms with Gasteiger partial charge in [0, 0.05) is 36.3 Å². The molecule has 3 aliphatic rings. The maximum absolute atomic E-state index is 13.9. The molecule has 0 aromatic heterocycles. The van der Waals surface area contributed by atoms with Gasteiger partial charge in [-0.15, -0.1) is 0 Å². The molecule has 0 saturated carbocycles. The number of methoxy groups -OCH3 is 1. The van der Waals surface area contributed by atoms with E-state index in [4.69, 9.17) is 9.47 Å². The van der Waals surface area contributed by atoms with Crippen molar-refractivity contribution in [3.63, 3.8) is 0 Å². The highest BCUT2D eigenvalue weighted by atomic mass is 19.1. The molecule has 36 heavy (non-hydrogen) atoms. The Kier molecular flexibility index (Phi) is 6.77. The monoisotopic (exact) mass is 494 g/mol. The van der Waals surface area contributed by atoms with E-state index < -0.39 is 23.6 Å². The predicted molar refractivity (Wildman–Crippen MR) is 135 cm³/mol. The van der Waals surface area contributed by atoms with Gasteiger partial charge < -0.3 is 19.9 Å². The second-order valence-corrected chi connectivity index (χ2v) is 9.61. The van der Waals surface area contributed by atoms with Crippen molar-refractivity contribution >= 4 is 28.7 Å². The summed E-state index contributed by atoms with van der Waals surface area (Å²) in [5, 5.41) is 12.8. The fraction of sp³-hybridized carbons (Fsp3) is 0.357. The van der Waals surface area contributed by atoms with Gasteiger partial charge in [0.1, 0.15) is 23.2 Å². The zero-order valence-corrected chi connectivity index (χ0v) is 19.8. The number of hydrogen-bond donors (Lipinski definition) is 2. The average molecular weight is 495 g/mol. The van der Waals surface area contributed by atoms with Crippen LogP contribution in [0, 0.1) is 5.82 Å². The van der Waals surface area contributed by atoms with Gasteiger partial charge in [0.2, 0.25) is 0 Å². The summed E-state index contributed by atoms with van der Waals surface area (Å²) >= 11 is 0. The molecule has 8 heteroatoms. The number of aliphatic hydroxyl groups excluding tert-OH is 1. The van der Waals surface area contributed by atoms with Gasteiger partial charge in [-0.2, -0.15) is 0 Å². The van der Waals surface area contributed by atoms with E-state index in [0.717, 1.165) is 16.7 Å². The second kappa shape index (κ2) is 9.52. The summed E-state index contributed by atoms with van der Waals surface area (Å²) in [5.74, 6) is -0.679. The number of benzene rings is 2. The Morgan fingerprint density at radius 3 is 2.67 bits per heavy atom. The summed E-state index contributed by atoms with van der Waals surface area (Å²) in [6, 6.07) is 11.6. The smallest absolute Gasteiger partial charge is 0.323 e. The number of amides is 1. The maximum atomic E-state index is 13.9. The van der Waals surface area contributed by atoms with E-state index in [1.54, 1.807) is 6.07 Å². The number of β-amino-alcohol motifs (C(OH)–C–C–N with tert-alkyl or cyclic N) is 1. The average Bonchev–Trinajstić information content (AvgIpc) is 3.44. The van der Waals surface area contributed by atoms with Gasteiger partial charge in [0.15, 0.2) is 0 Å². The number of nitrogens with one attached hydrogen (secondary N) is 1.